The summed E-state index contributed by atoms with van der Waals surface area (Å²) < 4.78 is 3.91. The first kappa shape index (κ1) is 5.49. The molecule has 0 bridgehead atoms. The van der Waals surface area contributed by atoms with Crippen LogP contribution in [0.15, 0.2) is 0 Å². The molecule has 0 nitrogen and oxygen atoms in total. The summed E-state index contributed by atoms with van der Waals surface area (Å²) in [5, 5.41) is 0. The molecule has 0 aromatic carbocycles. The van der Waals surface area contributed by atoms with Crippen molar-refractivity contribution in [2.24, 2.45) is 0 Å². The number of rotatable bonds is 0. The first-order valence-corrected chi connectivity index (χ1v) is 6.04. The third-order valence-corrected chi connectivity index (χ3v) is 7.02. The Morgan fingerprint density at radius 2 is 1.50 bits per heavy atom. The Bertz CT molecular complexity index is 298. The van der Waals surface area contributed by atoms with Crippen LogP contribution in [0, 0.1) is 3.14 Å². The van der Waals surface area contributed by atoms with Crippen molar-refractivity contribution in [1.82, 2.24) is 0 Å². The minimum absolute atomic E-state index is 1.06. The summed E-state index contributed by atoms with van der Waals surface area (Å²) in [6.45, 7) is 0. The Balaban J connectivity index is 3.07. The van der Waals surface area contributed by atoms with Gasteiger partial charge >= 0.3 is 0 Å². The summed E-state index contributed by atoms with van der Waals surface area (Å²) in [7, 11) is 3.66. The van der Waals surface area contributed by atoms with E-state index in [0.29, 0.717) is 0 Å². The van der Waals surface area contributed by atoms with E-state index in [-0.39, 0.29) is 0 Å². The van der Waals surface area contributed by atoms with Crippen LogP contribution in [0.1, 0.15) is 0 Å². The summed E-state index contributed by atoms with van der Waals surface area (Å²) in [6.07, 6.45) is 0. The summed E-state index contributed by atoms with van der Waals surface area (Å²) in [5.41, 5.74) is 0. The van der Waals surface area contributed by atoms with Crippen LogP contribution in [0.5, 0.6) is 0 Å². The first-order valence-electron chi connectivity index (χ1n) is 1.85. The summed E-state index contributed by atoms with van der Waals surface area (Å²) >= 11 is 8.43. The van der Waals surface area contributed by atoms with Gasteiger partial charge in [-0.3, -0.25) is 0 Å². The lowest BCUT2D eigenvalue weighted by Crippen LogP contribution is -1.40. The Labute approximate surface area is 66.4 Å². The predicted octanol–water partition coefficient (Wildman–Crippen LogP) is 3.82. The van der Waals surface area contributed by atoms with Crippen molar-refractivity contribution < 1.29 is 0 Å². The zero-order valence-corrected chi connectivity index (χ0v) is 7.62. The molecule has 0 saturated heterocycles. The highest BCUT2D eigenvalue weighted by Crippen LogP contribution is 2.40. The Hall–Kier alpha value is 0.710. The highest BCUT2D eigenvalue weighted by atomic mass is 32.9. The lowest BCUT2D eigenvalue weighted by Gasteiger charge is -1.81. The topological polar surface area (TPSA) is 0 Å². The molecule has 2 heterocycles. The van der Waals surface area contributed by atoms with Crippen molar-refractivity contribution in [3.8, 4) is 0 Å². The normalized spacial score (nSPS) is 11.0. The molecule has 2 rings (SSSR count). The molecule has 42 valence electrons. The zero-order valence-electron chi connectivity index (χ0n) is 3.54. The van der Waals surface area contributed by atoms with Crippen LogP contribution in [-0.2, 0) is 0 Å². The summed E-state index contributed by atoms with van der Waals surface area (Å²) in [6, 6.07) is 0. The van der Waals surface area contributed by atoms with Crippen molar-refractivity contribution in [2.75, 3.05) is 0 Å². The molecular weight excluding hydrogens is 196 g/mol. The van der Waals surface area contributed by atoms with E-state index in [0.717, 1.165) is 3.14 Å². The van der Waals surface area contributed by atoms with Crippen molar-refractivity contribution >= 4 is 63.6 Å². The molecule has 0 aliphatic heterocycles. The molecule has 0 unspecified atom stereocenters. The average molecular weight is 196 g/mol. The molecule has 5 heteroatoms. The lowest BCUT2D eigenvalue weighted by molar-refractivity contribution is 2.77. The van der Waals surface area contributed by atoms with Crippen molar-refractivity contribution in [3.63, 3.8) is 0 Å². The van der Waals surface area contributed by atoms with Crippen LogP contribution in [0.25, 0.3) is 8.03 Å². The molecule has 0 spiro atoms. The van der Waals surface area contributed by atoms with Gasteiger partial charge in [-0.05, 0) is 0 Å². The van der Waals surface area contributed by atoms with E-state index < -0.39 is 0 Å². The molecule has 0 aliphatic rings. The molecule has 0 fully saturated rings. The van der Waals surface area contributed by atoms with E-state index in [1.54, 1.807) is 22.7 Å². The minimum Gasteiger partial charge on any atom is -0.0997 e. The molecule has 8 heavy (non-hydrogen) atoms. The maximum atomic E-state index is 4.97. The van der Waals surface area contributed by atoms with E-state index in [4.69, 9.17) is 12.2 Å². The molecule has 0 N–H and O–H groups in total. The second-order valence-electron chi connectivity index (χ2n) is 1.20. The minimum atomic E-state index is 1.06. The van der Waals surface area contributed by atoms with Crippen molar-refractivity contribution in [2.45, 2.75) is 0 Å². The Morgan fingerprint density at radius 3 is 1.75 bits per heavy atom. The molecule has 0 atom stereocenters. The van der Waals surface area contributed by atoms with Gasteiger partial charge in [-0.1, -0.05) is 55.6 Å². The van der Waals surface area contributed by atoms with Gasteiger partial charge in [0.25, 0.3) is 0 Å². The molecular formula is C3S5. The second kappa shape index (κ2) is 1.85. The third kappa shape index (κ3) is 0.698. The Kier molecular flexibility index (Phi) is 1.27. The second-order valence-corrected chi connectivity index (χ2v) is 7.09. The monoisotopic (exact) mass is 196 g/mol. The fraction of sp³-hybridized carbons (Fsp3) is 0. The lowest BCUT2D eigenvalue weighted by atomic mass is 11.1. The van der Waals surface area contributed by atoms with Gasteiger partial charge in [-0.25, -0.2) is 0 Å². The van der Waals surface area contributed by atoms with Crippen LogP contribution in [0.3, 0.4) is 0 Å². The molecule has 0 radical (unpaired) electrons. The molecule has 0 aliphatic carbocycles. The fourth-order valence-electron chi connectivity index (χ4n) is 0.399. The third-order valence-electron chi connectivity index (χ3n) is 0.712. The molecule has 0 amide bonds. The van der Waals surface area contributed by atoms with Crippen LogP contribution >= 0.6 is 55.6 Å². The Morgan fingerprint density at radius 1 is 1.00 bits per heavy atom. The highest BCUT2D eigenvalue weighted by Gasteiger charge is 2.00. The van der Waals surface area contributed by atoms with E-state index >= 15 is 0 Å². The predicted molar refractivity (Wildman–Crippen MR) is 46.3 cm³/mol. The maximum absolute atomic E-state index is 4.97. The smallest absolute Gasteiger partial charge is 0.0997 e. The van der Waals surface area contributed by atoms with E-state index in [2.05, 4.69) is 0 Å². The van der Waals surface area contributed by atoms with Gasteiger partial charge < -0.3 is 0 Å². The van der Waals surface area contributed by atoms with Gasteiger partial charge in [0.2, 0.25) is 0 Å². The summed E-state index contributed by atoms with van der Waals surface area (Å²) in [5.74, 6) is 0. The SMILES string of the molecule is S=c1sc2ssc2s1. The van der Waals surface area contributed by atoms with E-state index in [1.165, 1.54) is 8.03 Å². The average Bonchev–Trinajstić information content (AvgIpc) is 1.91. The van der Waals surface area contributed by atoms with Gasteiger partial charge in [0.15, 0.2) is 0 Å². The highest BCUT2D eigenvalue weighted by molar-refractivity contribution is 7.88. The summed E-state index contributed by atoms with van der Waals surface area (Å²) in [4.78, 5) is 0. The van der Waals surface area contributed by atoms with Gasteiger partial charge in [0.05, 0.1) is 0 Å². The van der Waals surface area contributed by atoms with Crippen LogP contribution in [0.4, 0.5) is 0 Å². The van der Waals surface area contributed by atoms with E-state index in [9.17, 15) is 0 Å². The standard InChI is InChI=1S/C3S5/c4-3-5-1-2(6-3)8-7-1. The molecule has 0 saturated carbocycles. The van der Waals surface area contributed by atoms with Crippen molar-refractivity contribution in [1.29, 1.82) is 0 Å². The molecule has 2 aromatic rings. The van der Waals surface area contributed by atoms with Gasteiger partial charge in [-0.15, -0.1) is 0 Å². The van der Waals surface area contributed by atoms with Gasteiger partial charge in [0, 0.05) is 0 Å². The quantitative estimate of drug-likeness (QED) is 0.456. The largest absolute Gasteiger partial charge is 0.146 e. The first-order chi connectivity index (χ1) is 3.86. The van der Waals surface area contributed by atoms with Crippen LogP contribution in [-0.4, -0.2) is 0 Å². The molecule has 2 aromatic heterocycles. The van der Waals surface area contributed by atoms with Crippen LogP contribution < -0.4 is 0 Å². The maximum Gasteiger partial charge on any atom is 0.146 e. The van der Waals surface area contributed by atoms with Gasteiger partial charge in [0.1, 0.15) is 11.2 Å². The zero-order chi connectivity index (χ0) is 5.56. The van der Waals surface area contributed by atoms with E-state index in [1.807, 2.05) is 20.7 Å². The number of fused-ring (bicyclic) bond motifs is 1. The van der Waals surface area contributed by atoms with Crippen LogP contribution in [0.2, 0.25) is 0 Å². The fourth-order valence-corrected chi connectivity index (χ4v) is 6.66. The van der Waals surface area contributed by atoms with Crippen molar-refractivity contribution in [3.05, 3.63) is 3.14 Å². The number of hydrogen-bond acceptors (Lipinski definition) is 5. The number of hydrogen-bond donors (Lipinski definition) is 0. The van der Waals surface area contributed by atoms with Gasteiger partial charge in [-0.2, -0.15) is 0 Å².